The van der Waals surface area contributed by atoms with Crippen LogP contribution >= 0.6 is 15.9 Å². The monoisotopic (exact) mass is 297 g/mol. The first-order chi connectivity index (χ1) is 7.99. The Hall–Kier alpha value is -1.03. The molecule has 0 atom stereocenters. The molecule has 0 spiro atoms. The maximum absolute atomic E-state index is 11.2. The van der Waals surface area contributed by atoms with Crippen LogP contribution in [-0.2, 0) is 0 Å². The molecule has 2 rings (SSSR count). The Morgan fingerprint density at radius 3 is 2.65 bits per heavy atom. The van der Waals surface area contributed by atoms with Gasteiger partial charge in [-0.3, -0.25) is 0 Å². The number of hydrogen-bond donors (Lipinski definition) is 1. The summed E-state index contributed by atoms with van der Waals surface area (Å²) in [6.07, 6.45) is 0. The molecule has 0 radical (unpaired) electrons. The van der Waals surface area contributed by atoms with Crippen LogP contribution in [0.1, 0.15) is 24.2 Å². The SMILES string of the molecule is CC(C)C1CN(c2cc(Br)ccc2C(=O)O)C1. The summed E-state index contributed by atoms with van der Waals surface area (Å²) in [7, 11) is 0. The molecule has 0 saturated carbocycles. The van der Waals surface area contributed by atoms with E-state index in [4.69, 9.17) is 5.11 Å². The third kappa shape index (κ3) is 2.46. The van der Waals surface area contributed by atoms with E-state index in [9.17, 15) is 4.79 Å². The Morgan fingerprint density at radius 1 is 1.47 bits per heavy atom. The number of carboxylic acid groups (broad SMARTS) is 1. The molecule has 0 aliphatic carbocycles. The molecular weight excluding hydrogens is 282 g/mol. The molecule has 1 aromatic carbocycles. The maximum atomic E-state index is 11.2. The summed E-state index contributed by atoms with van der Waals surface area (Å²) < 4.78 is 0.922. The van der Waals surface area contributed by atoms with Gasteiger partial charge in [-0.1, -0.05) is 29.8 Å². The summed E-state index contributed by atoms with van der Waals surface area (Å²) >= 11 is 3.39. The smallest absolute Gasteiger partial charge is 0.337 e. The molecule has 1 aromatic rings. The molecule has 0 amide bonds. The first kappa shape index (κ1) is 12.4. The van der Waals surface area contributed by atoms with Gasteiger partial charge >= 0.3 is 5.97 Å². The van der Waals surface area contributed by atoms with Gasteiger partial charge in [-0.25, -0.2) is 4.79 Å². The van der Waals surface area contributed by atoms with Crippen molar-refractivity contribution in [3.05, 3.63) is 28.2 Å². The van der Waals surface area contributed by atoms with Gasteiger partial charge in [-0.2, -0.15) is 0 Å². The van der Waals surface area contributed by atoms with Crippen molar-refractivity contribution in [2.75, 3.05) is 18.0 Å². The van der Waals surface area contributed by atoms with E-state index in [1.807, 2.05) is 6.07 Å². The van der Waals surface area contributed by atoms with E-state index in [0.717, 1.165) is 23.2 Å². The van der Waals surface area contributed by atoms with E-state index in [1.165, 1.54) is 0 Å². The molecule has 0 aromatic heterocycles. The van der Waals surface area contributed by atoms with Crippen molar-refractivity contribution in [1.82, 2.24) is 0 Å². The standard InChI is InChI=1S/C13H16BrNO2/c1-8(2)9-6-15(7-9)12-5-10(14)3-4-11(12)13(16)17/h3-5,8-9H,6-7H2,1-2H3,(H,16,17). The Labute approximate surface area is 110 Å². The van der Waals surface area contributed by atoms with Gasteiger partial charge in [0.2, 0.25) is 0 Å². The molecule has 0 bridgehead atoms. The van der Waals surface area contributed by atoms with Gasteiger partial charge in [-0.15, -0.1) is 0 Å². The fourth-order valence-corrected chi connectivity index (χ4v) is 2.43. The molecule has 1 aliphatic heterocycles. The summed E-state index contributed by atoms with van der Waals surface area (Å²) in [5.41, 5.74) is 1.21. The van der Waals surface area contributed by atoms with Crippen LogP contribution in [0.4, 0.5) is 5.69 Å². The van der Waals surface area contributed by atoms with Crippen LogP contribution in [0.5, 0.6) is 0 Å². The quantitative estimate of drug-likeness (QED) is 0.931. The molecule has 92 valence electrons. The largest absolute Gasteiger partial charge is 0.478 e. The molecule has 1 saturated heterocycles. The van der Waals surface area contributed by atoms with Crippen molar-refractivity contribution in [3.8, 4) is 0 Å². The second kappa shape index (κ2) is 4.69. The highest BCUT2D eigenvalue weighted by Gasteiger charge is 2.31. The van der Waals surface area contributed by atoms with Crippen LogP contribution in [0.3, 0.4) is 0 Å². The number of nitrogens with zero attached hydrogens (tertiary/aromatic N) is 1. The molecule has 17 heavy (non-hydrogen) atoms. The second-order valence-corrected chi connectivity index (χ2v) is 5.79. The normalized spacial score (nSPS) is 16.1. The van der Waals surface area contributed by atoms with Crippen molar-refractivity contribution in [1.29, 1.82) is 0 Å². The molecule has 4 heteroatoms. The topological polar surface area (TPSA) is 40.5 Å². The zero-order valence-electron chi connectivity index (χ0n) is 9.98. The maximum Gasteiger partial charge on any atom is 0.337 e. The average molecular weight is 298 g/mol. The number of aromatic carboxylic acids is 1. The Morgan fingerprint density at radius 2 is 2.12 bits per heavy atom. The van der Waals surface area contributed by atoms with Crippen molar-refractivity contribution < 1.29 is 9.90 Å². The average Bonchev–Trinajstić information content (AvgIpc) is 2.14. The molecule has 1 heterocycles. The predicted molar refractivity (Wildman–Crippen MR) is 71.6 cm³/mol. The first-order valence-electron chi connectivity index (χ1n) is 5.77. The van der Waals surface area contributed by atoms with Crippen molar-refractivity contribution in [2.24, 2.45) is 11.8 Å². The van der Waals surface area contributed by atoms with Crippen LogP contribution in [-0.4, -0.2) is 24.2 Å². The van der Waals surface area contributed by atoms with Gasteiger partial charge in [-0.05, 0) is 30.0 Å². The number of rotatable bonds is 3. The fourth-order valence-electron chi connectivity index (χ4n) is 2.08. The third-order valence-electron chi connectivity index (χ3n) is 3.38. The zero-order valence-corrected chi connectivity index (χ0v) is 11.6. The van der Waals surface area contributed by atoms with Crippen LogP contribution in [0, 0.1) is 11.8 Å². The van der Waals surface area contributed by atoms with Crippen LogP contribution < -0.4 is 4.90 Å². The fraction of sp³-hybridized carbons (Fsp3) is 0.462. The highest BCUT2D eigenvalue weighted by Crippen LogP contribution is 2.33. The lowest BCUT2D eigenvalue weighted by Crippen LogP contribution is -2.49. The first-order valence-corrected chi connectivity index (χ1v) is 6.56. The summed E-state index contributed by atoms with van der Waals surface area (Å²) in [6.45, 7) is 6.32. The molecule has 3 nitrogen and oxygen atoms in total. The summed E-state index contributed by atoms with van der Waals surface area (Å²) in [5, 5.41) is 9.16. The van der Waals surface area contributed by atoms with Crippen LogP contribution in [0.25, 0.3) is 0 Å². The predicted octanol–water partition coefficient (Wildman–Crippen LogP) is 3.24. The Balaban J connectivity index is 2.21. The van der Waals surface area contributed by atoms with Crippen molar-refractivity contribution >= 4 is 27.6 Å². The Bertz CT molecular complexity index is 439. The molecule has 1 N–H and O–H groups in total. The molecular formula is C13H16BrNO2. The lowest BCUT2D eigenvalue weighted by molar-refractivity contribution is 0.0697. The highest BCUT2D eigenvalue weighted by molar-refractivity contribution is 9.10. The van der Waals surface area contributed by atoms with E-state index >= 15 is 0 Å². The third-order valence-corrected chi connectivity index (χ3v) is 3.88. The van der Waals surface area contributed by atoms with E-state index in [-0.39, 0.29) is 0 Å². The highest BCUT2D eigenvalue weighted by atomic mass is 79.9. The van der Waals surface area contributed by atoms with Crippen LogP contribution in [0.15, 0.2) is 22.7 Å². The molecule has 1 aliphatic rings. The second-order valence-electron chi connectivity index (χ2n) is 4.88. The number of carbonyl (C=O) groups is 1. The summed E-state index contributed by atoms with van der Waals surface area (Å²) in [5.74, 6) is 0.475. The van der Waals surface area contributed by atoms with Gasteiger partial charge in [0.25, 0.3) is 0 Å². The minimum atomic E-state index is -0.861. The van der Waals surface area contributed by atoms with Gasteiger partial charge in [0.15, 0.2) is 0 Å². The number of hydrogen-bond acceptors (Lipinski definition) is 2. The zero-order chi connectivity index (χ0) is 12.6. The van der Waals surface area contributed by atoms with E-state index in [0.29, 0.717) is 17.4 Å². The number of carboxylic acids is 1. The van der Waals surface area contributed by atoms with Crippen molar-refractivity contribution in [3.63, 3.8) is 0 Å². The van der Waals surface area contributed by atoms with Gasteiger partial charge in [0.1, 0.15) is 0 Å². The minimum absolute atomic E-state index is 0.385. The molecule has 1 fully saturated rings. The number of anilines is 1. The van der Waals surface area contributed by atoms with Gasteiger partial charge in [0.05, 0.1) is 11.3 Å². The lowest BCUT2D eigenvalue weighted by atomic mass is 9.87. The van der Waals surface area contributed by atoms with Gasteiger partial charge < -0.3 is 10.0 Å². The minimum Gasteiger partial charge on any atom is -0.478 e. The number of halogens is 1. The summed E-state index contributed by atoms with van der Waals surface area (Å²) in [6, 6.07) is 5.32. The molecule has 0 unspecified atom stereocenters. The number of benzene rings is 1. The van der Waals surface area contributed by atoms with Crippen LogP contribution in [0.2, 0.25) is 0 Å². The Kier molecular flexibility index (Phi) is 3.43. The van der Waals surface area contributed by atoms with E-state index in [1.54, 1.807) is 12.1 Å². The van der Waals surface area contributed by atoms with E-state index < -0.39 is 5.97 Å². The van der Waals surface area contributed by atoms with Gasteiger partial charge in [0, 0.05) is 17.6 Å². The van der Waals surface area contributed by atoms with Crippen molar-refractivity contribution in [2.45, 2.75) is 13.8 Å². The van der Waals surface area contributed by atoms with E-state index in [2.05, 4.69) is 34.7 Å². The lowest BCUT2D eigenvalue weighted by Gasteiger charge is -2.43. The summed E-state index contributed by atoms with van der Waals surface area (Å²) in [4.78, 5) is 13.3.